The number of thioether (sulfide) groups is 1. The second-order valence-electron chi connectivity index (χ2n) is 3.20. The topological polar surface area (TPSA) is 41.1 Å². The number of hydrogen-bond acceptors (Lipinski definition) is 3. The van der Waals surface area contributed by atoms with Crippen molar-refractivity contribution in [1.82, 2.24) is 5.32 Å². The molecule has 6 heteroatoms. The van der Waals surface area contributed by atoms with Gasteiger partial charge in [0.1, 0.15) is 0 Å². The molecule has 1 rings (SSSR count). The van der Waals surface area contributed by atoms with Crippen LogP contribution in [0.5, 0.6) is 0 Å². The third-order valence-electron chi connectivity index (χ3n) is 1.91. The third kappa shape index (κ3) is 5.14. The highest BCUT2D eigenvalue weighted by atomic mass is 32.2. The van der Waals surface area contributed by atoms with E-state index >= 15 is 0 Å². The summed E-state index contributed by atoms with van der Waals surface area (Å²) < 4.78 is 24.6. The van der Waals surface area contributed by atoms with E-state index in [1.165, 1.54) is 0 Å². The van der Waals surface area contributed by atoms with Gasteiger partial charge >= 0.3 is 0 Å². The first kappa shape index (κ1) is 13.9. The maximum atomic E-state index is 12.3. The van der Waals surface area contributed by atoms with E-state index in [1.807, 2.05) is 6.92 Å². The maximum Gasteiger partial charge on any atom is 0.288 e. The summed E-state index contributed by atoms with van der Waals surface area (Å²) in [6, 6.07) is 6.51. The van der Waals surface area contributed by atoms with Crippen LogP contribution in [0.2, 0.25) is 0 Å². The second-order valence-corrected chi connectivity index (χ2v) is 4.24. The van der Waals surface area contributed by atoms with Crippen LogP contribution in [0.1, 0.15) is 6.92 Å². The Labute approximate surface area is 103 Å². The fourth-order valence-electron chi connectivity index (χ4n) is 1.20. The minimum atomic E-state index is -2.50. The van der Waals surface area contributed by atoms with Gasteiger partial charge in [0.15, 0.2) is 0 Å². The maximum absolute atomic E-state index is 12.3. The summed E-state index contributed by atoms with van der Waals surface area (Å²) in [6.45, 7) is 2.74. The molecule has 1 aromatic rings. The number of nitrogens with one attached hydrogen (secondary N) is 2. The normalized spacial score (nSPS) is 10.6. The molecule has 94 valence electrons. The summed E-state index contributed by atoms with van der Waals surface area (Å²) in [5.41, 5.74) is 0.417. The van der Waals surface area contributed by atoms with E-state index < -0.39 is 5.76 Å². The molecule has 1 amide bonds. The Kier molecular flexibility index (Phi) is 5.93. The molecule has 0 heterocycles. The van der Waals surface area contributed by atoms with Crippen LogP contribution < -0.4 is 10.6 Å². The number of halogens is 2. The predicted octanol–water partition coefficient (Wildman–Crippen LogP) is 2.55. The lowest BCUT2D eigenvalue weighted by Gasteiger charge is -2.10. The largest absolute Gasteiger partial charge is 0.324 e. The molecule has 0 saturated heterocycles. The number of amides is 1. The Morgan fingerprint density at radius 1 is 1.41 bits per heavy atom. The van der Waals surface area contributed by atoms with Crippen molar-refractivity contribution in [3.63, 3.8) is 0 Å². The summed E-state index contributed by atoms with van der Waals surface area (Å²) in [7, 11) is 0. The van der Waals surface area contributed by atoms with Gasteiger partial charge in [-0.05, 0) is 18.7 Å². The van der Waals surface area contributed by atoms with Crippen molar-refractivity contribution in [1.29, 1.82) is 0 Å². The number of carbonyl (C=O) groups is 1. The highest BCUT2D eigenvalue weighted by molar-refractivity contribution is 7.99. The molecule has 0 radical (unpaired) electrons. The zero-order valence-corrected chi connectivity index (χ0v) is 10.2. The number of benzene rings is 1. The molecule has 0 fully saturated rings. The number of carbonyl (C=O) groups excluding carboxylic acids is 1. The lowest BCUT2D eigenvalue weighted by Crippen LogP contribution is -2.27. The number of rotatable bonds is 6. The van der Waals surface area contributed by atoms with Crippen LogP contribution in [-0.4, -0.2) is 24.8 Å². The zero-order valence-electron chi connectivity index (χ0n) is 9.37. The monoisotopic (exact) mass is 260 g/mol. The molecular weight excluding hydrogens is 246 g/mol. The van der Waals surface area contributed by atoms with E-state index in [1.54, 1.807) is 24.3 Å². The predicted molar refractivity (Wildman–Crippen MR) is 65.5 cm³/mol. The number of hydrogen-bond donors (Lipinski definition) is 2. The van der Waals surface area contributed by atoms with Crippen molar-refractivity contribution in [2.24, 2.45) is 0 Å². The van der Waals surface area contributed by atoms with Crippen molar-refractivity contribution >= 4 is 23.4 Å². The third-order valence-corrected chi connectivity index (χ3v) is 2.70. The van der Waals surface area contributed by atoms with Crippen molar-refractivity contribution < 1.29 is 13.6 Å². The first-order valence-corrected chi connectivity index (χ1v) is 6.06. The molecule has 0 aliphatic carbocycles. The van der Waals surface area contributed by atoms with Crippen molar-refractivity contribution in [2.75, 3.05) is 18.4 Å². The van der Waals surface area contributed by atoms with Gasteiger partial charge < -0.3 is 10.6 Å². The summed E-state index contributed by atoms with van der Waals surface area (Å²) in [5.74, 6) is -2.74. The number of likely N-dealkylation sites (N-methyl/N-ethyl adjacent to an activating group) is 1. The lowest BCUT2D eigenvalue weighted by atomic mass is 10.3. The molecule has 0 unspecified atom stereocenters. The highest BCUT2D eigenvalue weighted by Gasteiger charge is 2.11. The van der Waals surface area contributed by atoms with Crippen LogP contribution >= 0.6 is 11.8 Å². The average molecular weight is 260 g/mol. The van der Waals surface area contributed by atoms with Gasteiger partial charge in [0.05, 0.1) is 12.2 Å². The van der Waals surface area contributed by atoms with Crippen LogP contribution in [0, 0.1) is 0 Å². The number of alkyl halides is 2. The first-order chi connectivity index (χ1) is 8.13. The fourth-order valence-corrected chi connectivity index (χ4v) is 1.80. The SMILES string of the molecule is CCNCC(=O)Nc1ccccc1SC(F)F. The van der Waals surface area contributed by atoms with E-state index in [0.29, 0.717) is 28.9 Å². The lowest BCUT2D eigenvalue weighted by molar-refractivity contribution is -0.115. The molecule has 0 aliphatic heterocycles. The standard InChI is InChI=1S/C11H14F2N2OS/c1-2-14-7-10(16)15-8-5-3-4-6-9(8)17-11(12)13/h3-6,11,14H,2,7H2,1H3,(H,15,16). The summed E-state index contributed by atoms with van der Waals surface area (Å²) in [5, 5.41) is 5.46. The van der Waals surface area contributed by atoms with Crippen molar-refractivity contribution in [3.05, 3.63) is 24.3 Å². The minimum absolute atomic E-state index is 0.171. The van der Waals surface area contributed by atoms with Gasteiger partial charge in [-0.2, -0.15) is 8.78 Å². The highest BCUT2D eigenvalue weighted by Crippen LogP contribution is 2.31. The van der Waals surface area contributed by atoms with E-state index in [4.69, 9.17) is 0 Å². The van der Waals surface area contributed by atoms with E-state index in [2.05, 4.69) is 10.6 Å². The molecular formula is C11H14F2N2OS. The zero-order chi connectivity index (χ0) is 12.7. The smallest absolute Gasteiger partial charge is 0.288 e. The van der Waals surface area contributed by atoms with Gasteiger partial charge in [-0.1, -0.05) is 30.8 Å². The minimum Gasteiger partial charge on any atom is -0.324 e. The van der Waals surface area contributed by atoms with E-state index in [0.717, 1.165) is 0 Å². The Balaban J connectivity index is 2.66. The average Bonchev–Trinajstić information content (AvgIpc) is 2.28. The van der Waals surface area contributed by atoms with Gasteiger partial charge in [-0.3, -0.25) is 4.79 Å². The Bertz CT molecular complexity index is 374. The van der Waals surface area contributed by atoms with Crippen LogP contribution in [0.4, 0.5) is 14.5 Å². The first-order valence-electron chi connectivity index (χ1n) is 5.18. The van der Waals surface area contributed by atoms with Crippen molar-refractivity contribution in [2.45, 2.75) is 17.6 Å². The number of anilines is 1. The van der Waals surface area contributed by atoms with Crippen LogP contribution in [0.15, 0.2) is 29.2 Å². The van der Waals surface area contributed by atoms with E-state index in [-0.39, 0.29) is 12.5 Å². The second kappa shape index (κ2) is 7.24. The Morgan fingerprint density at radius 2 is 2.12 bits per heavy atom. The molecule has 0 aromatic heterocycles. The number of para-hydroxylation sites is 1. The van der Waals surface area contributed by atoms with E-state index in [9.17, 15) is 13.6 Å². The molecule has 2 N–H and O–H groups in total. The van der Waals surface area contributed by atoms with Gasteiger partial charge in [-0.25, -0.2) is 0 Å². The molecule has 0 aliphatic rings. The van der Waals surface area contributed by atoms with Crippen molar-refractivity contribution in [3.8, 4) is 0 Å². The van der Waals surface area contributed by atoms with Crippen LogP contribution in [0.3, 0.4) is 0 Å². The van der Waals surface area contributed by atoms with Crippen LogP contribution in [0.25, 0.3) is 0 Å². The molecule has 17 heavy (non-hydrogen) atoms. The summed E-state index contributed by atoms with van der Waals surface area (Å²) in [4.78, 5) is 11.8. The van der Waals surface area contributed by atoms with Gasteiger partial charge in [0, 0.05) is 4.90 Å². The van der Waals surface area contributed by atoms with Gasteiger partial charge in [0.2, 0.25) is 5.91 Å². The molecule has 3 nitrogen and oxygen atoms in total. The molecule has 0 spiro atoms. The molecule has 1 aromatic carbocycles. The van der Waals surface area contributed by atoms with Crippen LogP contribution in [-0.2, 0) is 4.79 Å². The molecule has 0 saturated carbocycles. The Morgan fingerprint density at radius 3 is 2.76 bits per heavy atom. The summed E-state index contributed by atoms with van der Waals surface area (Å²) in [6.07, 6.45) is 0. The Hall–Kier alpha value is -1.14. The van der Waals surface area contributed by atoms with Gasteiger partial charge in [0.25, 0.3) is 5.76 Å². The molecule has 0 atom stereocenters. The van der Waals surface area contributed by atoms with Gasteiger partial charge in [-0.15, -0.1) is 0 Å². The molecule has 0 bridgehead atoms. The quantitative estimate of drug-likeness (QED) is 0.772. The summed E-state index contributed by atoms with van der Waals surface area (Å²) >= 11 is 0.422. The fraction of sp³-hybridized carbons (Fsp3) is 0.364.